The minimum absolute atomic E-state index is 0.246. The molecule has 0 aromatic rings. The molecule has 0 saturated heterocycles. The molecular formula is C15H27N3O4. The van der Waals surface area contributed by atoms with Gasteiger partial charge in [0, 0.05) is 13.0 Å². The van der Waals surface area contributed by atoms with Crippen LogP contribution >= 0.6 is 0 Å². The van der Waals surface area contributed by atoms with Crippen LogP contribution in [0.3, 0.4) is 0 Å². The van der Waals surface area contributed by atoms with E-state index in [2.05, 4.69) is 17.2 Å². The SMILES string of the molecule is C=CC(=O)NCCCCC(NC(=O)CCCCCN)C(=O)O. The van der Waals surface area contributed by atoms with E-state index in [0.29, 0.717) is 45.2 Å². The largest absolute Gasteiger partial charge is 0.480 e. The van der Waals surface area contributed by atoms with Gasteiger partial charge in [-0.05, 0) is 44.7 Å². The molecule has 0 heterocycles. The summed E-state index contributed by atoms with van der Waals surface area (Å²) < 4.78 is 0. The number of carbonyl (C=O) groups is 3. The molecule has 0 aliphatic rings. The number of rotatable bonds is 13. The Labute approximate surface area is 131 Å². The lowest BCUT2D eigenvalue weighted by molar-refractivity contribution is -0.142. The monoisotopic (exact) mass is 313 g/mol. The Morgan fingerprint density at radius 1 is 1.14 bits per heavy atom. The number of amides is 2. The van der Waals surface area contributed by atoms with Crippen LogP contribution in [0.4, 0.5) is 0 Å². The second kappa shape index (κ2) is 12.8. The maximum atomic E-state index is 11.7. The molecule has 22 heavy (non-hydrogen) atoms. The molecule has 0 fully saturated rings. The zero-order valence-electron chi connectivity index (χ0n) is 13.0. The first-order valence-corrected chi connectivity index (χ1v) is 7.63. The van der Waals surface area contributed by atoms with Crippen molar-refractivity contribution in [1.29, 1.82) is 0 Å². The molecule has 5 N–H and O–H groups in total. The van der Waals surface area contributed by atoms with E-state index in [1.165, 1.54) is 6.08 Å². The van der Waals surface area contributed by atoms with Crippen molar-refractivity contribution in [1.82, 2.24) is 10.6 Å². The van der Waals surface area contributed by atoms with E-state index in [1.54, 1.807) is 0 Å². The van der Waals surface area contributed by atoms with Crippen LogP contribution in [-0.4, -0.2) is 42.0 Å². The standard InChI is InChI=1S/C15H27N3O4/c1-2-13(19)17-11-7-5-8-12(15(21)22)18-14(20)9-4-3-6-10-16/h2,12H,1,3-11,16H2,(H,17,19)(H,18,20)(H,21,22). The molecule has 2 amide bonds. The van der Waals surface area contributed by atoms with Gasteiger partial charge in [-0.1, -0.05) is 13.0 Å². The smallest absolute Gasteiger partial charge is 0.326 e. The second-order valence-corrected chi connectivity index (χ2v) is 5.05. The molecule has 0 saturated carbocycles. The topological polar surface area (TPSA) is 122 Å². The first kappa shape index (κ1) is 20.1. The van der Waals surface area contributed by atoms with E-state index in [0.717, 1.165) is 12.8 Å². The lowest BCUT2D eigenvalue weighted by Gasteiger charge is -2.14. The predicted molar refractivity (Wildman–Crippen MR) is 84.1 cm³/mol. The van der Waals surface area contributed by atoms with Crippen molar-refractivity contribution in [2.45, 2.75) is 51.0 Å². The Morgan fingerprint density at radius 3 is 2.45 bits per heavy atom. The second-order valence-electron chi connectivity index (χ2n) is 5.05. The normalized spacial score (nSPS) is 11.5. The zero-order chi connectivity index (χ0) is 16.8. The quantitative estimate of drug-likeness (QED) is 0.292. The van der Waals surface area contributed by atoms with Crippen molar-refractivity contribution >= 4 is 17.8 Å². The summed E-state index contributed by atoms with van der Waals surface area (Å²) in [6.07, 6.45) is 5.54. The van der Waals surface area contributed by atoms with Crippen LogP contribution in [0, 0.1) is 0 Å². The van der Waals surface area contributed by atoms with Crippen molar-refractivity contribution in [3.63, 3.8) is 0 Å². The highest BCUT2D eigenvalue weighted by Gasteiger charge is 2.18. The number of nitrogens with two attached hydrogens (primary N) is 1. The Kier molecular flexibility index (Phi) is 11.7. The third-order valence-corrected chi connectivity index (χ3v) is 3.15. The molecule has 0 bridgehead atoms. The average Bonchev–Trinajstić information content (AvgIpc) is 2.49. The van der Waals surface area contributed by atoms with Crippen LogP contribution in [0.25, 0.3) is 0 Å². The van der Waals surface area contributed by atoms with Gasteiger partial charge in [0.25, 0.3) is 0 Å². The van der Waals surface area contributed by atoms with Crippen LogP contribution in [0.1, 0.15) is 44.9 Å². The third kappa shape index (κ3) is 10.8. The molecule has 0 aromatic heterocycles. The molecular weight excluding hydrogens is 286 g/mol. The number of carbonyl (C=O) groups excluding carboxylic acids is 2. The van der Waals surface area contributed by atoms with Crippen LogP contribution in [0.2, 0.25) is 0 Å². The predicted octanol–water partition coefficient (Wildman–Crippen LogP) is 0.547. The zero-order valence-corrected chi connectivity index (χ0v) is 13.0. The number of unbranched alkanes of at least 4 members (excludes halogenated alkanes) is 3. The summed E-state index contributed by atoms with van der Waals surface area (Å²) in [5, 5.41) is 14.2. The van der Waals surface area contributed by atoms with Crippen molar-refractivity contribution < 1.29 is 19.5 Å². The number of hydrogen-bond donors (Lipinski definition) is 4. The van der Waals surface area contributed by atoms with E-state index < -0.39 is 12.0 Å². The number of hydrogen-bond acceptors (Lipinski definition) is 4. The molecule has 1 atom stereocenters. The first-order chi connectivity index (χ1) is 10.5. The molecule has 0 spiro atoms. The van der Waals surface area contributed by atoms with Gasteiger partial charge in [0.05, 0.1) is 0 Å². The van der Waals surface area contributed by atoms with Crippen LogP contribution in [0.5, 0.6) is 0 Å². The number of carboxylic acid groups (broad SMARTS) is 1. The van der Waals surface area contributed by atoms with Gasteiger partial charge in [0.2, 0.25) is 11.8 Å². The summed E-state index contributed by atoms with van der Waals surface area (Å²) >= 11 is 0. The molecule has 0 aromatic carbocycles. The molecule has 7 heteroatoms. The number of aliphatic carboxylic acids is 1. The molecule has 0 rings (SSSR count). The first-order valence-electron chi connectivity index (χ1n) is 7.63. The summed E-state index contributed by atoms with van der Waals surface area (Å²) in [6.45, 7) is 4.40. The Hall–Kier alpha value is -1.89. The summed E-state index contributed by atoms with van der Waals surface area (Å²) in [5.41, 5.74) is 5.36. The van der Waals surface area contributed by atoms with Crippen molar-refractivity contribution in [3.05, 3.63) is 12.7 Å². The van der Waals surface area contributed by atoms with Gasteiger partial charge >= 0.3 is 5.97 Å². The fourth-order valence-corrected chi connectivity index (χ4v) is 1.89. The maximum absolute atomic E-state index is 11.7. The maximum Gasteiger partial charge on any atom is 0.326 e. The van der Waals surface area contributed by atoms with Crippen molar-refractivity contribution in [2.24, 2.45) is 5.73 Å². The average molecular weight is 313 g/mol. The fourth-order valence-electron chi connectivity index (χ4n) is 1.89. The lowest BCUT2D eigenvalue weighted by Crippen LogP contribution is -2.40. The fraction of sp³-hybridized carbons (Fsp3) is 0.667. The van der Waals surface area contributed by atoms with Gasteiger partial charge in [-0.15, -0.1) is 0 Å². The minimum atomic E-state index is -1.04. The Balaban J connectivity index is 3.90. The van der Waals surface area contributed by atoms with Gasteiger partial charge in [-0.2, -0.15) is 0 Å². The highest BCUT2D eigenvalue weighted by molar-refractivity contribution is 5.86. The molecule has 126 valence electrons. The van der Waals surface area contributed by atoms with Crippen LogP contribution in [-0.2, 0) is 14.4 Å². The van der Waals surface area contributed by atoms with Crippen LogP contribution in [0.15, 0.2) is 12.7 Å². The highest BCUT2D eigenvalue weighted by atomic mass is 16.4. The highest BCUT2D eigenvalue weighted by Crippen LogP contribution is 2.04. The third-order valence-electron chi connectivity index (χ3n) is 3.15. The van der Waals surface area contributed by atoms with E-state index in [1.807, 2.05) is 0 Å². The van der Waals surface area contributed by atoms with Crippen molar-refractivity contribution in [2.75, 3.05) is 13.1 Å². The summed E-state index contributed by atoms with van der Waals surface area (Å²) in [7, 11) is 0. The Morgan fingerprint density at radius 2 is 1.86 bits per heavy atom. The van der Waals surface area contributed by atoms with E-state index in [4.69, 9.17) is 10.8 Å². The molecule has 0 aliphatic carbocycles. The number of carboxylic acids is 1. The Bertz CT molecular complexity index is 372. The lowest BCUT2D eigenvalue weighted by atomic mass is 10.1. The number of nitrogens with one attached hydrogen (secondary N) is 2. The molecule has 7 nitrogen and oxygen atoms in total. The van der Waals surface area contributed by atoms with E-state index >= 15 is 0 Å². The van der Waals surface area contributed by atoms with Crippen molar-refractivity contribution in [3.8, 4) is 0 Å². The van der Waals surface area contributed by atoms with Gasteiger partial charge in [0.1, 0.15) is 6.04 Å². The molecule has 0 aliphatic heterocycles. The van der Waals surface area contributed by atoms with Gasteiger partial charge < -0.3 is 21.5 Å². The summed E-state index contributed by atoms with van der Waals surface area (Å²) in [6, 6.07) is -0.878. The minimum Gasteiger partial charge on any atom is -0.480 e. The van der Waals surface area contributed by atoms with E-state index in [-0.39, 0.29) is 11.8 Å². The molecule has 1 unspecified atom stereocenters. The summed E-state index contributed by atoms with van der Waals surface area (Å²) in [4.78, 5) is 33.7. The summed E-state index contributed by atoms with van der Waals surface area (Å²) in [5.74, 6) is -1.53. The molecule has 0 radical (unpaired) electrons. The van der Waals surface area contributed by atoms with Crippen LogP contribution < -0.4 is 16.4 Å². The van der Waals surface area contributed by atoms with Gasteiger partial charge in [0.15, 0.2) is 0 Å². The van der Waals surface area contributed by atoms with Gasteiger partial charge in [-0.25, -0.2) is 4.79 Å². The van der Waals surface area contributed by atoms with E-state index in [9.17, 15) is 14.4 Å². The van der Waals surface area contributed by atoms with Gasteiger partial charge in [-0.3, -0.25) is 9.59 Å².